The third kappa shape index (κ3) is 3.21. The maximum absolute atomic E-state index is 13.3. The maximum Gasteiger partial charge on any atom is 0.257 e. The van der Waals surface area contributed by atoms with E-state index >= 15 is 0 Å². The molecule has 0 radical (unpaired) electrons. The highest BCUT2D eigenvalue weighted by Crippen LogP contribution is 2.44. The number of nitrogens with one attached hydrogen (secondary N) is 1. The summed E-state index contributed by atoms with van der Waals surface area (Å²) in [5.74, 6) is 1.43. The SMILES string of the molecule is CNc1ncccc1C(=O)N1CC[C@]2(OC)CCC(OCC3CC3)CC12. The van der Waals surface area contributed by atoms with Crippen molar-refractivity contribution in [3.63, 3.8) is 0 Å². The highest BCUT2D eigenvalue weighted by atomic mass is 16.5. The molecule has 0 bridgehead atoms. The van der Waals surface area contributed by atoms with Crippen LogP contribution in [0.5, 0.6) is 0 Å². The fourth-order valence-electron chi connectivity index (χ4n) is 4.55. The topological polar surface area (TPSA) is 63.7 Å². The summed E-state index contributed by atoms with van der Waals surface area (Å²) in [6.07, 6.45) is 8.27. The second-order valence-electron chi connectivity index (χ2n) is 7.86. The minimum atomic E-state index is -0.225. The van der Waals surface area contributed by atoms with Crippen LogP contribution in [-0.2, 0) is 9.47 Å². The van der Waals surface area contributed by atoms with Crippen molar-refractivity contribution in [1.29, 1.82) is 0 Å². The monoisotopic (exact) mass is 359 g/mol. The summed E-state index contributed by atoms with van der Waals surface area (Å²) >= 11 is 0. The molecule has 2 heterocycles. The van der Waals surface area contributed by atoms with E-state index in [0.29, 0.717) is 11.4 Å². The van der Waals surface area contributed by atoms with Gasteiger partial charge in [-0.1, -0.05) is 0 Å². The molecule has 6 nitrogen and oxygen atoms in total. The second kappa shape index (κ2) is 7.16. The van der Waals surface area contributed by atoms with E-state index in [1.165, 1.54) is 12.8 Å². The van der Waals surface area contributed by atoms with E-state index in [2.05, 4.69) is 10.3 Å². The van der Waals surface area contributed by atoms with E-state index in [4.69, 9.17) is 9.47 Å². The Morgan fingerprint density at radius 1 is 1.38 bits per heavy atom. The molecule has 1 N–H and O–H groups in total. The summed E-state index contributed by atoms with van der Waals surface area (Å²) in [5, 5.41) is 3.03. The molecule has 1 aliphatic heterocycles. The molecule has 1 aromatic rings. The molecule has 4 rings (SSSR count). The molecule has 3 fully saturated rings. The Morgan fingerprint density at radius 3 is 2.96 bits per heavy atom. The molecule has 26 heavy (non-hydrogen) atoms. The number of ether oxygens (including phenoxy) is 2. The fourth-order valence-corrected chi connectivity index (χ4v) is 4.55. The van der Waals surface area contributed by atoms with Crippen LogP contribution in [0.15, 0.2) is 18.3 Å². The normalized spacial score (nSPS) is 30.9. The zero-order valence-electron chi connectivity index (χ0n) is 15.7. The highest BCUT2D eigenvalue weighted by Gasteiger charge is 2.53. The number of aromatic nitrogens is 1. The summed E-state index contributed by atoms with van der Waals surface area (Å²) in [6.45, 7) is 1.60. The van der Waals surface area contributed by atoms with E-state index in [-0.39, 0.29) is 23.7 Å². The van der Waals surface area contributed by atoms with E-state index in [1.54, 1.807) is 20.4 Å². The first-order valence-corrected chi connectivity index (χ1v) is 9.77. The predicted molar refractivity (Wildman–Crippen MR) is 99.3 cm³/mol. The molecule has 2 aliphatic carbocycles. The van der Waals surface area contributed by atoms with Gasteiger partial charge in [0.2, 0.25) is 0 Å². The van der Waals surface area contributed by atoms with Gasteiger partial charge in [0.15, 0.2) is 0 Å². The van der Waals surface area contributed by atoms with Crippen molar-refractivity contribution in [1.82, 2.24) is 9.88 Å². The number of hydrogen-bond donors (Lipinski definition) is 1. The largest absolute Gasteiger partial charge is 0.378 e. The first kappa shape index (κ1) is 17.7. The third-order valence-electron chi connectivity index (χ3n) is 6.34. The zero-order valence-corrected chi connectivity index (χ0v) is 15.7. The van der Waals surface area contributed by atoms with Crippen molar-refractivity contribution in [2.45, 2.75) is 56.3 Å². The second-order valence-corrected chi connectivity index (χ2v) is 7.86. The number of likely N-dealkylation sites (tertiary alicyclic amines) is 1. The van der Waals surface area contributed by atoms with Crippen molar-refractivity contribution in [3.8, 4) is 0 Å². The Morgan fingerprint density at radius 2 is 2.23 bits per heavy atom. The molecule has 3 aliphatic rings. The zero-order chi connectivity index (χ0) is 18.1. The molecular weight excluding hydrogens is 330 g/mol. The van der Waals surface area contributed by atoms with Gasteiger partial charge in [0, 0.05) is 33.5 Å². The van der Waals surface area contributed by atoms with Crippen molar-refractivity contribution in [2.24, 2.45) is 5.92 Å². The van der Waals surface area contributed by atoms with Gasteiger partial charge in [-0.15, -0.1) is 0 Å². The van der Waals surface area contributed by atoms with Crippen molar-refractivity contribution in [2.75, 3.05) is 32.6 Å². The molecule has 1 aromatic heterocycles. The molecule has 1 amide bonds. The van der Waals surface area contributed by atoms with Crippen LogP contribution in [0.3, 0.4) is 0 Å². The molecule has 1 saturated heterocycles. The van der Waals surface area contributed by atoms with Gasteiger partial charge >= 0.3 is 0 Å². The molecule has 3 atom stereocenters. The van der Waals surface area contributed by atoms with E-state index < -0.39 is 0 Å². The van der Waals surface area contributed by atoms with E-state index in [9.17, 15) is 4.79 Å². The Labute approximate surface area is 155 Å². The Kier molecular flexibility index (Phi) is 4.88. The number of rotatable bonds is 6. The maximum atomic E-state index is 13.3. The van der Waals surface area contributed by atoms with Crippen LogP contribution < -0.4 is 5.32 Å². The number of methoxy groups -OCH3 is 1. The molecular formula is C20H29N3O3. The summed E-state index contributed by atoms with van der Waals surface area (Å²) < 4.78 is 12.1. The van der Waals surface area contributed by atoms with E-state index in [1.807, 2.05) is 17.0 Å². The first-order valence-electron chi connectivity index (χ1n) is 9.77. The van der Waals surface area contributed by atoms with Crippen LogP contribution in [0, 0.1) is 5.92 Å². The highest BCUT2D eigenvalue weighted by molar-refractivity contribution is 5.99. The van der Waals surface area contributed by atoms with E-state index in [0.717, 1.165) is 44.8 Å². The lowest BCUT2D eigenvalue weighted by molar-refractivity contribution is -0.0977. The number of anilines is 1. The number of carbonyl (C=O) groups excluding carboxylic acids is 1. The van der Waals surface area contributed by atoms with Crippen LogP contribution in [0.25, 0.3) is 0 Å². The standard InChI is InChI=1S/C20H29N3O3/c1-21-18-16(4-3-10-22-18)19(24)23-11-9-20(25-2)8-7-15(12-17(20)23)26-13-14-5-6-14/h3-4,10,14-15,17H,5-9,11-13H2,1-2H3,(H,21,22)/t15?,17?,20-/m1/s1. The van der Waals surface area contributed by atoms with Gasteiger partial charge in [0.1, 0.15) is 5.82 Å². The van der Waals surface area contributed by atoms with Gasteiger partial charge in [0.05, 0.1) is 23.3 Å². The lowest BCUT2D eigenvalue weighted by Gasteiger charge is -2.43. The third-order valence-corrected chi connectivity index (χ3v) is 6.34. The Hall–Kier alpha value is -1.66. The minimum Gasteiger partial charge on any atom is -0.378 e. The number of pyridine rings is 1. The number of nitrogens with zero attached hydrogens (tertiary/aromatic N) is 2. The van der Waals surface area contributed by atoms with Gasteiger partial charge in [-0.05, 0) is 56.6 Å². The van der Waals surface area contributed by atoms with Crippen LogP contribution in [-0.4, -0.2) is 60.8 Å². The number of fused-ring (bicyclic) bond motifs is 1. The Balaban J connectivity index is 1.53. The van der Waals surface area contributed by atoms with Crippen molar-refractivity contribution < 1.29 is 14.3 Å². The lowest BCUT2D eigenvalue weighted by Crippen LogP contribution is -2.53. The summed E-state index contributed by atoms with van der Waals surface area (Å²) in [5.41, 5.74) is 0.403. The van der Waals surface area contributed by atoms with Crippen molar-refractivity contribution in [3.05, 3.63) is 23.9 Å². The molecule has 2 saturated carbocycles. The summed E-state index contributed by atoms with van der Waals surface area (Å²) in [6, 6.07) is 3.73. The van der Waals surface area contributed by atoms with Crippen LogP contribution in [0.4, 0.5) is 5.82 Å². The Bertz CT molecular complexity index is 663. The van der Waals surface area contributed by atoms with Crippen LogP contribution in [0.2, 0.25) is 0 Å². The fraction of sp³-hybridized carbons (Fsp3) is 0.700. The van der Waals surface area contributed by atoms with Gasteiger partial charge in [0.25, 0.3) is 5.91 Å². The lowest BCUT2D eigenvalue weighted by atomic mass is 9.79. The van der Waals surface area contributed by atoms with Gasteiger partial charge < -0.3 is 19.7 Å². The summed E-state index contributed by atoms with van der Waals surface area (Å²) in [7, 11) is 3.58. The van der Waals surface area contributed by atoms with Gasteiger partial charge in [-0.25, -0.2) is 4.98 Å². The number of carbonyl (C=O) groups is 1. The molecule has 6 heteroatoms. The van der Waals surface area contributed by atoms with Crippen LogP contribution in [0.1, 0.15) is 48.9 Å². The average molecular weight is 359 g/mol. The van der Waals surface area contributed by atoms with Gasteiger partial charge in [-0.2, -0.15) is 0 Å². The first-order chi connectivity index (χ1) is 12.7. The predicted octanol–water partition coefficient (Wildman–Crippen LogP) is 2.70. The molecule has 0 spiro atoms. The molecule has 2 unspecified atom stereocenters. The quantitative estimate of drug-likeness (QED) is 0.846. The average Bonchev–Trinajstić information content (AvgIpc) is 3.44. The summed E-state index contributed by atoms with van der Waals surface area (Å²) in [4.78, 5) is 19.6. The number of hydrogen-bond acceptors (Lipinski definition) is 5. The molecule has 142 valence electrons. The molecule has 0 aromatic carbocycles. The van der Waals surface area contributed by atoms with Gasteiger partial charge in [-0.3, -0.25) is 4.79 Å². The number of amides is 1. The van der Waals surface area contributed by atoms with Crippen LogP contribution >= 0.6 is 0 Å². The smallest absolute Gasteiger partial charge is 0.257 e. The minimum absolute atomic E-state index is 0.0363. The van der Waals surface area contributed by atoms with Crippen molar-refractivity contribution >= 4 is 11.7 Å².